The second-order valence-electron chi connectivity index (χ2n) is 16.8. The summed E-state index contributed by atoms with van der Waals surface area (Å²) in [6.45, 7) is 14.2. The van der Waals surface area contributed by atoms with Gasteiger partial charge < -0.3 is 25.2 Å². The van der Waals surface area contributed by atoms with Gasteiger partial charge in [0.05, 0.1) is 34.2 Å². The Balaban J connectivity index is 1.95. The Labute approximate surface area is 358 Å². The minimum absolute atomic E-state index is 0.0359. The van der Waals surface area contributed by atoms with Crippen molar-refractivity contribution in [1.82, 2.24) is 20.3 Å². The van der Waals surface area contributed by atoms with Crippen molar-refractivity contribution < 1.29 is 49.1 Å². The van der Waals surface area contributed by atoms with Crippen LogP contribution in [0.4, 0.5) is 23.7 Å². The van der Waals surface area contributed by atoms with Crippen molar-refractivity contribution in [3.63, 3.8) is 0 Å². The number of rotatable bonds is 16. The summed E-state index contributed by atoms with van der Waals surface area (Å²) in [7, 11) is -5.50. The fourth-order valence-electron chi connectivity index (χ4n) is 6.12. The number of hydrogen-bond donors (Lipinski definition) is 3. The Morgan fingerprint density at radius 3 is 2.07 bits per heavy atom. The smallest absolute Gasteiger partial charge is 0.416 e. The minimum Gasteiger partial charge on any atom is -0.444 e. The van der Waals surface area contributed by atoms with Crippen molar-refractivity contribution in [2.24, 2.45) is 5.92 Å². The van der Waals surface area contributed by atoms with Crippen LogP contribution in [0.15, 0.2) is 36.4 Å². The first-order valence-corrected chi connectivity index (χ1v) is 22.8. The third kappa shape index (κ3) is 16.3. The molecule has 0 aromatic heterocycles. The van der Waals surface area contributed by atoms with Crippen LogP contribution in [0.5, 0.6) is 0 Å². The number of halogens is 5. The van der Waals surface area contributed by atoms with Crippen molar-refractivity contribution in [3.8, 4) is 0 Å². The minimum atomic E-state index is -4.63. The number of amides is 3. The van der Waals surface area contributed by atoms with Gasteiger partial charge in [0.1, 0.15) is 17.7 Å². The lowest BCUT2D eigenvalue weighted by Crippen LogP contribution is -2.58. The number of alkyl carbamates (subject to hydrolysis) is 1. The van der Waals surface area contributed by atoms with E-state index in [2.05, 4.69) is 15.4 Å². The number of carbonyl (C=O) groups excluding carboxylic acids is 3. The van der Waals surface area contributed by atoms with E-state index in [-0.39, 0.29) is 50.0 Å². The van der Waals surface area contributed by atoms with Crippen LogP contribution in [-0.4, -0.2) is 96.9 Å². The SMILES string of the molecule is CC(C)C[C@H](NS(=O)C(C)(C)C)c1cc(C(F)(F)F)ccc1N1CCN(C(=O)[C@@H](Cc2ccc(Cl)cc2Cl)NC(=O)C(CCOS(C)(=O)=O)NC(=O)OC(C)(C)C)CC1. The number of ether oxygens (including phenoxy) is 1. The fourth-order valence-corrected chi connectivity index (χ4v) is 7.84. The van der Waals surface area contributed by atoms with Gasteiger partial charge >= 0.3 is 12.3 Å². The Bertz CT molecular complexity index is 1930. The molecular formula is C39H56Cl2F3N5O8S2. The summed E-state index contributed by atoms with van der Waals surface area (Å²) in [5.74, 6) is -1.31. The van der Waals surface area contributed by atoms with Gasteiger partial charge in [-0.15, -0.1) is 0 Å². The van der Waals surface area contributed by atoms with E-state index >= 15 is 0 Å². The monoisotopic (exact) mass is 913 g/mol. The Morgan fingerprint density at radius 2 is 1.54 bits per heavy atom. The summed E-state index contributed by atoms with van der Waals surface area (Å²) in [5.41, 5.74) is -0.477. The van der Waals surface area contributed by atoms with Gasteiger partial charge in [-0.1, -0.05) is 43.1 Å². The van der Waals surface area contributed by atoms with Crippen LogP contribution in [0.2, 0.25) is 10.0 Å². The van der Waals surface area contributed by atoms with E-state index in [1.54, 1.807) is 53.7 Å². The van der Waals surface area contributed by atoms with Crippen molar-refractivity contribution in [2.75, 3.05) is 43.9 Å². The molecule has 0 bridgehead atoms. The van der Waals surface area contributed by atoms with E-state index in [1.165, 1.54) is 17.0 Å². The largest absolute Gasteiger partial charge is 0.444 e. The van der Waals surface area contributed by atoms with Gasteiger partial charge in [0.25, 0.3) is 10.1 Å². The van der Waals surface area contributed by atoms with Crippen LogP contribution >= 0.6 is 23.2 Å². The van der Waals surface area contributed by atoms with Crippen LogP contribution < -0.4 is 20.3 Å². The number of carbonyl (C=O) groups is 3. The first-order valence-electron chi connectivity index (χ1n) is 19.0. The number of benzene rings is 2. The van der Waals surface area contributed by atoms with Gasteiger partial charge in [-0.2, -0.15) is 21.6 Å². The molecule has 1 aliphatic rings. The van der Waals surface area contributed by atoms with E-state index in [1.807, 2.05) is 18.7 Å². The summed E-state index contributed by atoms with van der Waals surface area (Å²) in [4.78, 5) is 44.3. The van der Waals surface area contributed by atoms with Gasteiger partial charge in [0.15, 0.2) is 0 Å². The van der Waals surface area contributed by atoms with E-state index in [9.17, 15) is 40.2 Å². The predicted molar refractivity (Wildman–Crippen MR) is 224 cm³/mol. The molecule has 13 nitrogen and oxygen atoms in total. The molecule has 0 aliphatic carbocycles. The number of alkyl halides is 3. The zero-order valence-electron chi connectivity index (χ0n) is 34.8. The molecule has 1 heterocycles. The van der Waals surface area contributed by atoms with E-state index in [0.717, 1.165) is 18.4 Å². The molecule has 2 aromatic carbocycles. The number of anilines is 1. The van der Waals surface area contributed by atoms with E-state index in [0.29, 0.717) is 28.3 Å². The van der Waals surface area contributed by atoms with Gasteiger partial charge in [0.2, 0.25) is 11.8 Å². The predicted octanol–water partition coefficient (Wildman–Crippen LogP) is 6.79. The highest BCUT2D eigenvalue weighted by atomic mass is 35.5. The summed E-state index contributed by atoms with van der Waals surface area (Å²) < 4.78 is 91.4. The molecule has 1 fully saturated rings. The highest BCUT2D eigenvalue weighted by molar-refractivity contribution is 7.86. The number of nitrogens with zero attached hydrogens (tertiary/aromatic N) is 2. The maximum atomic E-state index is 14.3. The lowest BCUT2D eigenvalue weighted by molar-refractivity contribution is -0.138. The number of hydrogen-bond acceptors (Lipinski definition) is 9. The quantitative estimate of drug-likeness (QED) is 0.154. The summed E-state index contributed by atoms with van der Waals surface area (Å²) in [6, 6.07) is 4.83. The van der Waals surface area contributed by atoms with Crippen LogP contribution in [0.1, 0.15) is 91.0 Å². The number of nitrogens with one attached hydrogen (secondary N) is 3. The molecule has 0 radical (unpaired) electrons. The van der Waals surface area contributed by atoms with Crippen LogP contribution in [0.3, 0.4) is 0 Å². The number of piperazine rings is 1. The molecule has 1 saturated heterocycles. The zero-order chi connectivity index (χ0) is 44.7. The first kappa shape index (κ1) is 50.2. The van der Waals surface area contributed by atoms with Crippen LogP contribution in [0.25, 0.3) is 0 Å². The second kappa shape index (κ2) is 20.6. The van der Waals surface area contributed by atoms with Crippen molar-refractivity contribution >= 4 is 67.9 Å². The molecule has 332 valence electrons. The summed E-state index contributed by atoms with van der Waals surface area (Å²) in [5, 5.41) is 5.70. The normalized spacial score (nSPS) is 16.3. The molecule has 2 unspecified atom stereocenters. The average Bonchev–Trinajstić information content (AvgIpc) is 3.08. The molecule has 2 aromatic rings. The Hall–Kier alpha value is -3.16. The first-order chi connectivity index (χ1) is 27.0. The second-order valence-corrected chi connectivity index (χ2v) is 21.3. The third-order valence-corrected chi connectivity index (χ3v) is 11.7. The van der Waals surface area contributed by atoms with Crippen LogP contribution in [-0.2, 0) is 52.2 Å². The zero-order valence-corrected chi connectivity index (χ0v) is 37.9. The Kier molecular flexibility index (Phi) is 17.5. The van der Waals surface area contributed by atoms with E-state index < -0.39 is 85.8 Å². The lowest BCUT2D eigenvalue weighted by Gasteiger charge is -2.39. The van der Waals surface area contributed by atoms with Crippen molar-refractivity contribution in [3.05, 3.63) is 63.1 Å². The highest BCUT2D eigenvalue weighted by Gasteiger charge is 2.36. The molecular weight excluding hydrogens is 858 g/mol. The summed E-state index contributed by atoms with van der Waals surface area (Å²) in [6.07, 6.45) is -4.76. The molecule has 1 aliphatic heterocycles. The maximum Gasteiger partial charge on any atom is 0.416 e. The maximum absolute atomic E-state index is 14.3. The molecule has 3 rings (SSSR count). The summed E-state index contributed by atoms with van der Waals surface area (Å²) >= 11 is 12.6. The third-order valence-electron chi connectivity index (χ3n) is 8.94. The highest BCUT2D eigenvalue weighted by Crippen LogP contribution is 2.38. The molecule has 4 atom stereocenters. The molecule has 59 heavy (non-hydrogen) atoms. The standard InChI is InChI=1S/C39H56Cl2F3N5O8S2/c1-24(2)20-31(47-58(53)38(6,7)8)28-22-26(39(42,43)44)11-13-33(28)48-15-17-49(18-16-48)35(51)32(21-25-10-12-27(40)23-29(25)41)45-34(50)30(14-19-56-59(9,54)55)46-36(52)57-37(3,4)5/h10-13,22-24,30-32,47H,14-21H2,1-9H3,(H,45,50)(H,46,52)/t30?,31-,32+,58?/m0/s1. The molecule has 20 heteroatoms. The molecule has 3 N–H and O–H groups in total. The van der Waals surface area contributed by atoms with Crippen LogP contribution in [0, 0.1) is 5.92 Å². The van der Waals surface area contributed by atoms with E-state index in [4.69, 9.17) is 32.1 Å². The lowest BCUT2D eigenvalue weighted by atomic mass is 9.94. The average molecular weight is 915 g/mol. The fraction of sp³-hybridized carbons (Fsp3) is 0.615. The van der Waals surface area contributed by atoms with Gasteiger partial charge in [-0.05, 0) is 95.3 Å². The van der Waals surface area contributed by atoms with Crippen molar-refractivity contribution in [1.29, 1.82) is 0 Å². The van der Waals surface area contributed by atoms with Crippen molar-refractivity contribution in [2.45, 2.75) is 109 Å². The molecule has 3 amide bonds. The molecule has 0 saturated carbocycles. The topological polar surface area (TPSA) is 163 Å². The van der Waals surface area contributed by atoms with Gasteiger partial charge in [0, 0.05) is 60.8 Å². The van der Waals surface area contributed by atoms with Gasteiger partial charge in [-0.25, -0.2) is 13.7 Å². The Morgan fingerprint density at radius 1 is 0.915 bits per heavy atom. The molecule has 0 spiro atoms. The van der Waals surface area contributed by atoms with Gasteiger partial charge in [-0.3, -0.25) is 13.8 Å².